The molecule has 1 atom stereocenters. The standard InChI is InChI=1S/C24H21BrN4O2S/c1-16-12-13-20(19(25)14-16)26-21(30)15-32-24-28-27-23(22(31)17-8-4-2-5-9-17)29(24)18-10-6-3-7-11-18/h2-14,22,31H,15H2,1H3,(H,26,30)/t22-/m0/s1. The molecule has 1 amide bonds. The minimum absolute atomic E-state index is 0.146. The van der Waals surface area contributed by atoms with Gasteiger partial charge in [0.15, 0.2) is 11.0 Å². The monoisotopic (exact) mass is 508 g/mol. The zero-order chi connectivity index (χ0) is 22.5. The summed E-state index contributed by atoms with van der Waals surface area (Å²) in [5.74, 6) is 0.381. The molecule has 4 aromatic rings. The lowest BCUT2D eigenvalue weighted by Crippen LogP contribution is -2.15. The minimum atomic E-state index is -0.949. The Morgan fingerprint density at radius 1 is 1.06 bits per heavy atom. The van der Waals surface area contributed by atoms with Gasteiger partial charge in [-0.05, 0) is 58.2 Å². The van der Waals surface area contributed by atoms with Gasteiger partial charge in [0.25, 0.3) is 0 Å². The molecule has 0 spiro atoms. The maximum Gasteiger partial charge on any atom is 0.234 e. The lowest BCUT2D eigenvalue weighted by atomic mass is 10.1. The topological polar surface area (TPSA) is 80.0 Å². The van der Waals surface area contributed by atoms with Crippen molar-refractivity contribution in [3.63, 3.8) is 0 Å². The van der Waals surface area contributed by atoms with E-state index in [0.717, 1.165) is 21.3 Å². The summed E-state index contributed by atoms with van der Waals surface area (Å²) in [5, 5.41) is 22.9. The molecule has 4 rings (SSSR count). The molecule has 1 heterocycles. The second-order valence-electron chi connectivity index (χ2n) is 7.15. The number of nitrogens with one attached hydrogen (secondary N) is 1. The normalized spacial score (nSPS) is 11.8. The molecule has 8 heteroatoms. The van der Waals surface area contributed by atoms with Gasteiger partial charge in [0.1, 0.15) is 6.10 Å². The number of hydrogen-bond acceptors (Lipinski definition) is 5. The SMILES string of the molecule is Cc1ccc(NC(=O)CSc2nnc([C@@H](O)c3ccccc3)n2-c2ccccc2)c(Br)c1. The summed E-state index contributed by atoms with van der Waals surface area (Å²) >= 11 is 4.74. The summed E-state index contributed by atoms with van der Waals surface area (Å²) in [6.07, 6.45) is -0.949. The molecule has 32 heavy (non-hydrogen) atoms. The zero-order valence-electron chi connectivity index (χ0n) is 17.3. The summed E-state index contributed by atoms with van der Waals surface area (Å²) in [6.45, 7) is 1.99. The average molecular weight is 509 g/mol. The van der Waals surface area contributed by atoms with E-state index in [1.54, 1.807) is 4.57 Å². The van der Waals surface area contributed by atoms with Gasteiger partial charge in [-0.15, -0.1) is 10.2 Å². The van der Waals surface area contributed by atoms with Crippen molar-refractivity contribution in [2.75, 3.05) is 11.1 Å². The number of aliphatic hydroxyl groups is 1. The van der Waals surface area contributed by atoms with E-state index in [9.17, 15) is 9.90 Å². The Bertz CT molecular complexity index is 1220. The second-order valence-corrected chi connectivity index (χ2v) is 8.94. The third kappa shape index (κ3) is 5.09. The highest BCUT2D eigenvalue weighted by molar-refractivity contribution is 9.10. The number of carbonyl (C=O) groups excluding carboxylic acids is 1. The first-order chi connectivity index (χ1) is 15.5. The van der Waals surface area contributed by atoms with E-state index in [-0.39, 0.29) is 11.7 Å². The number of thioether (sulfide) groups is 1. The van der Waals surface area contributed by atoms with Crippen molar-refractivity contribution >= 4 is 39.3 Å². The lowest BCUT2D eigenvalue weighted by Gasteiger charge is -2.14. The van der Waals surface area contributed by atoms with Crippen LogP contribution in [0.3, 0.4) is 0 Å². The summed E-state index contributed by atoms with van der Waals surface area (Å²) in [4.78, 5) is 12.6. The minimum Gasteiger partial charge on any atom is -0.380 e. The molecule has 0 saturated heterocycles. The fraction of sp³-hybridized carbons (Fsp3) is 0.125. The Morgan fingerprint density at radius 2 is 1.75 bits per heavy atom. The number of nitrogens with zero attached hydrogens (tertiary/aromatic N) is 3. The largest absolute Gasteiger partial charge is 0.380 e. The molecule has 2 N–H and O–H groups in total. The number of carbonyl (C=O) groups is 1. The molecule has 0 aliphatic heterocycles. The Labute approximate surface area is 198 Å². The first-order valence-corrected chi connectivity index (χ1v) is 11.7. The van der Waals surface area contributed by atoms with Crippen LogP contribution < -0.4 is 5.32 Å². The average Bonchev–Trinajstić information content (AvgIpc) is 3.24. The van der Waals surface area contributed by atoms with Crippen LogP contribution in [0.15, 0.2) is 88.5 Å². The molecular formula is C24H21BrN4O2S. The van der Waals surface area contributed by atoms with E-state index in [4.69, 9.17) is 0 Å². The van der Waals surface area contributed by atoms with Crippen LogP contribution in [0.5, 0.6) is 0 Å². The highest BCUT2D eigenvalue weighted by Crippen LogP contribution is 2.29. The van der Waals surface area contributed by atoms with Crippen LogP contribution in [0.2, 0.25) is 0 Å². The Hall–Kier alpha value is -2.94. The molecule has 0 radical (unpaired) electrons. The number of benzene rings is 3. The first kappa shape index (κ1) is 22.3. The van der Waals surface area contributed by atoms with Crippen LogP contribution in [0.4, 0.5) is 5.69 Å². The van der Waals surface area contributed by atoms with Crippen LogP contribution in [-0.2, 0) is 4.79 Å². The number of aliphatic hydroxyl groups excluding tert-OH is 1. The number of hydrogen-bond donors (Lipinski definition) is 2. The molecule has 162 valence electrons. The number of aromatic nitrogens is 3. The summed E-state index contributed by atoms with van der Waals surface area (Å²) in [7, 11) is 0. The quantitative estimate of drug-likeness (QED) is 0.337. The summed E-state index contributed by atoms with van der Waals surface area (Å²) in [5.41, 5.74) is 3.35. The van der Waals surface area contributed by atoms with Gasteiger partial charge in [-0.3, -0.25) is 9.36 Å². The fourth-order valence-corrected chi connectivity index (χ4v) is 4.55. The predicted molar refractivity (Wildman–Crippen MR) is 130 cm³/mol. The smallest absolute Gasteiger partial charge is 0.234 e. The van der Waals surface area contributed by atoms with Crippen molar-refractivity contribution in [3.05, 3.63) is 100 Å². The number of anilines is 1. The summed E-state index contributed by atoms with van der Waals surface area (Å²) in [6, 6.07) is 24.6. The van der Waals surface area contributed by atoms with E-state index in [1.165, 1.54) is 11.8 Å². The second kappa shape index (κ2) is 10.1. The molecule has 0 aliphatic rings. The van der Waals surface area contributed by atoms with E-state index < -0.39 is 6.10 Å². The van der Waals surface area contributed by atoms with E-state index >= 15 is 0 Å². The number of amides is 1. The maximum absolute atomic E-state index is 12.6. The lowest BCUT2D eigenvalue weighted by molar-refractivity contribution is -0.113. The molecule has 0 unspecified atom stereocenters. The van der Waals surface area contributed by atoms with Crippen LogP contribution in [0.25, 0.3) is 5.69 Å². The van der Waals surface area contributed by atoms with Gasteiger partial charge in [0.2, 0.25) is 5.91 Å². The van der Waals surface area contributed by atoms with Gasteiger partial charge in [-0.25, -0.2) is 0 Å². The van der Waals surface area contributed by atoms with Gasteiger partial charge in [0, 0.05) is 10.2 Å². The third-order valence-corrected chi connectivity index (χ3v) is 6.35. The zero-order valence-corrected chi connectivity index (χ0v) is 19.7. The number of para-hydroxylation sites is 1. The number of rotatable bonds is 7. The van der Waals surface area contributed by atoms with Gasteiger partial charge >= 0.3 is 0 Å². The van der Waals surface area contributed by atoms with Gasteiger partial charge < -0.3 is 10.4 Å². The molecule has 0 fully saturated rings. The van der Waals surface area contributed by atoms with E-state index in [2.05, 4.69) is 31.4 Å². The Balaban J connectivity index is 1.57. The fourth-order valence-electron chi connectivity index (χ4n) is 3.19. The first-order valence-electron chi connectivity index (χ1n) is 9.95. The van der Waals surface area contributed by atoms with Crippen molar-refractivity contribution in [3.8, 4) is 5.69 Å². The van der Waals surface area contributed by atoms with Crippen LogP contribution in [0, 0.1) is 6.92 Å². The predicted octanol–water partition coefficient (Wildman–Crippen LogP) is 5.15. The van der Waals surface area contributed by atoms with Crippen molar-refractivity contribution in [1.29, 1.82) is 0 Å². The van der Waals surface area contributed by atoms with E-state index in [0.29, 0.717) is 16.7 Å². The van der Waals surface area contributed by atoms with Gasteiger partial charge in [-0.1, -0.05) is 66.4 Å². The van der Waals surface area contributed by atoms with Crippen LogP contribution in [-0.4, -0.2) is 31.5 Å². The Morgan fingerprint density at radius 3 is 2.44 bits per heavy atom. The molecule has 0 bridgehead atoms. The molecule has 0 aliphatic carbocycles. The highest BCUT2D eigenvalue weighted by Gasteiger charge is 2.22. The van der Waals surface area contributed by atoms with Crippen LogP contribution >= 0.6 is 27.7 Å². The molecular weight excluding hydrogens is 488 g/mol. The van der Waals surface area contributed by atoms with E-state index in [1.807, 2.05) is 85.8 Å². The molecule has 6 nitrogen and oxygen atoms in total. The van der Waals surface area contributed by atoms with Crippen molar-refractivity contribution in [2.45, 2.75) is 18.2 Å². The number of halogens is 1. The summed E-state index contributed by atoms with van der Waals surface area (Å²) < 4.78 is 2.62. The molecule has 3 aromatic carbocycles. The van der Waals surface area contributed by atoms with Crippen molar-refractivity contribution in [1.82, 2.24) is 14.8 Å². The van der Waals surface area contributed by atoms with Crippen molar-refractivity contribution in [2.24, 2.45) is 0 Å². The van der Waals surface area contributed by atoms with Gasteiger partial charge in [-0.2, -0.15) is 0 Å². The molecule has 0 saturated carbocycles. The number of aryl methyl sites for hydroxylation is 1. The molecule has 1 aromatic heterocycles. The van der Waals surface area contributed by atoms with Crippen molar-refractivity contribution < 1.29 is 9.90 Å². The van der Waals surface area contributed by atoms with Gasteiger partial charge in [0.05, 0.1) is 11.4 Å². The van der Waals surface area contributed by atoms with Crippen LogP contribution in [0.1, 0.15) is 23.1 Å². The maximum atomic E-state index is 12.6. The third-order valence-electron chi connectivity index (χ3n) is 4.76. The Kier molecular flexibility index (Phi) is 7.04. The highest BCUT2D eigenvalue weighted by atomic mass is 79.9.